The smallest absolute Gasteiger partial charge is 0.226 e. The maximum absolute atomic E-state index is 5.43. The molecule has 0 saturated heterocycles. The third kappa shape index (κ3) is 3.16. The van der Waals surface area contributed by atoms with Gasteiger partial charge in [-0.1, -0.05) is 0 Å². The average molecular weight is 278 g/mol. The summed E-state index contributed by atoms with van der Waals surface area (Å²) in [7, 11) is 0. The highest BCUT2D eigenvalue weighted by molar-refractivity contribution is 5.87. The molecule has 2 rings (SSSR count). The molecule has 7 nitrogen and oxygen atoms in total. The SMILES string of the molecule is CCNc1nc(N(CC)CCOCC)c2cn[nH]c2n1. The van der Waals surface area contributed by atoms with Crippen LogP contribution in [0.5, 0.6) is 0 Å². The molecule has 20 heavy (non-hydrogen) atoms. The van der Waals surface area contributed by atoms with Crippen LogP contribution >= 0.6 is 0 Å². The second kappa shape index (κ2) is 7.04. The van der Waals surface area contributed by atoms with Gasteiger partial charge in [0.25, 0.3) is 0 Å². The van der Waals surface area contributed by atoms with Crippen molar-refractivity contribution >= 4 is 22.8 Å². The van der Waals surface area contributed by atoms with Crippen LogP contribution in [-0.2, 0) is 4.74 Å². The van der Waals surface area contributed by atoms with E-state index in [1.54, 1.807) is 6.20 Å². The van der Waals surface area contributed by atoms with E-state index in [0.717, 1.165) is 43.1 Å². The van der Waals surface area contributed by atoms with E-state index in [1.807, 2.05) is 13.8 Å². The highest BCUT2D eigenvalue weighted by Crippen LogP contribution is 2.23. The van der Waals surface area contributed by atoms with E-state index >= 15 is 0 Å². The van der Waals surface area contributed by atoms with Crippen LogP contribution in [0.2, 0.25) is 0 Å². The molecule has 7 heteroatoms. The fourth-order valence-corrected chi connectivity index (χ4v) is 2.03. The Morgan fingerprint density at radius 1 is 1.30 bits per heavy atom. The molecule has 0 bridgehead atoms. The fourth-order valence-electron chi connectivity index (χ4n) is 2.03. The zero-order valence-corrected chi connectivity index (χ0v) is 12.3. The maximum atomic E-state index is 5.43. The molecular formula is C13H22N6O. The molecule has 2 N–H and O–H groups in total. The quantitative estimate of drug-likeness (QED) is 0.715. The zero-order valence-electron chi connectivity index (χ0n) is 12.3. The Morgan fingerprint density at radius 3 is 2.85 bits per heavy atom. The predicted octanol–water partition coefficient (Wildman–Crippen LogP) is 1.65. The monoisotopic (exact) mass is 278 g/mol. The first-order valence-electron chi connectivity index (χ1n) is 7.07. The molecule has 0 aliphatic rings. The second-order valence-corrected chi connectivity index (χ2v) is 4.31. The van der Waals surface area contributed by atoms with Gasteiger partial charge in [0, 0.05) is 26.2 Å². The molecule has 0 aliphatic heterocycles. The molecule has 0 spiro atoms. The lowest BCUT2D eigenvalue weighted by molar-refractivity contribution is 0.154. The number of aromatic amines is 1. The number of ether oxygens (including phenoxy) is 1. The number of aromatic nitrogens is 4. The number of anilines is 2. The number of likely N-dealkylation sites (N-methyl/N-ethyl adjacent to an activating group) is 1. The van der Waals surface area contributed by atoms with Crippen molar-refractivity contribution in [2.75, 3.05) is 43.1 Å². The van der Waals surface area contributed by atoms with Crippen molar-refractivity contribution in [3.05, 3.63) is 6.20 Å². The summed E-state index contributed by atoms with van der Waals surface area (Å²) in [6, 6.07) is 0. The number of hydrogen-bond acceptors (Lipinski definition) is 6. The van der Waals surface area contributed by atoms with Crippen LogP contribution in [0.25, 0.3) is 11.0 Å². The zero-order chi connectivity index (χ0) is 14.4. The molecule has 0 unspecified atom stereocenters. The Morgan fingerprint density at radius 2 is 2.15 bits per heavy atom. The standard InChI is InChI=1S/C13H22N6O/c1-4-14-13-16-11-10(9-15-18-11)12(17-13)19(5-2)7-8-20-6-3/h9H,4-8H2,1-3H3,(H2,14,15,16,17,18). The first-order chi connectivity index (χ1) is 9.80. The van der Waals surface area contributed by atoms with Crippen molar-refractivity contribution in [3.63, 3.8) is 0 Å². The average Bonchev–Trinajstić information content (AvgIpc) is 2.92. The van der Waals surface area contributed by atoms with Gasteiger partial charge in [-0.05, 0) is 20.8 Å². The molecule has 0 amide bonds. The maximum Gasteiger partial charge on any atom is 0.226 e. The molecule has 0 aromatic carbocycles. The van der Waals surface area contributed by atoms with Crippen LogP contribution in [0.15, 0.2) is 6.20 Å². The minimum absolute atomic E-state index is 0.620. The van der Waals surface area contributed by atoms with Crippen molar-refractivity contribution in [2.24, 2.45) is 0 Å². The van der Waals surface area contributed by atoms with Gasteiger partial charge in [-0.25, -0.2) is 0 Å². The number of H-pyrrole nitrogens is 1. The summed E-state index contributed by atoms with van der Waals surface area (Å²) < 4.78 is 5.43. The summed E-state index contributed by atoms with van der Waals surface area (Å²) in [5.74, 6) is 1.51. The van der Waals surface area contributed by atoms with Crippen LogP contribution in [0.1, 0.15) is 20.8 Å². The van der Waals surface area contributed by atoms with Crippen LogP contribution in [0.3, 0.4) is 0 Å². The molecule has 2 aromatic rings. The van der Waals surface area contributed by atoms with E-state index in [-0.39, 0.29) is 0 Å². The molecular weight excluding hydrogens is 256 g/mol. The molecule has 110 valence electrons. The molecule has 0 saturated carbocycles. The number of hydrogen-bond donors (Lipinski definition) is 2. The summed E-state index contributed by atoms with van der Waals surface area (Å²) in [5, 5.41) is 11.1. The molecule has 0 radical (unpaired) electrons. The molecule has 2 heterocycles. The van der Waals surface area contributed by atoms with Crippen molar-refractivity contribution in [3.8, 4) is 0 Å². The van der Waals surface area contributed by atoms with Crippen LogP contribution in [0.4, 0.5) is 11.8 Å². The fraction of sp³-hybridized carbons (Fsp3) is 0.615. The van der Waals surface area contributed by atoms with Gasteiger partial charge in [-0.3, -0.25) is 5.10 Å². The van der Waals surface area contributed by atoms with Crippen molar-refractivity contribution < 1.29 is 4.74 Å². The number of nitrogens with one attached hydrogen (secondary N) is 2. The van der Waals surface area contributed by atoms with Crippen LogP contribution in [-0.4, -0.2) is 53.0 Å². The Balaban J connectivity index is 2.31. The molecule has 0 atom stereocenters. The summed E-state index contributed by atoms with van der Waals surface area (Å²) in [6.07, 6.45) is 1.77. The topological polar surface area (TPSA) is 79.0 Å². The van der Waals surface area contributed by atoms with Crippen LogP contribution < -0.4 is 10.2 Å². The lowest BCUT2D eigenvalue weighted by Crippen LogP contribution is -2.28. The lowest BCUT2D eigenvalue weighted by Gasteiger charge is -2.22. The summed E-state index contributed by atoms with van der Waals surface area (Å²) in [4.78, 5) is 11.2. The van der Waals surface area contributed by atoms with E-state index < -0.39 is 0 Å². The van der Waals surface area contributed by atoms with E-state index in [9.17, 15) is 0 Å². The summed E-state index contributed by atoms with van der Waals surface area (Å²) in [6.45, 7) is 9.97. The minimum Gasteiger partial charge on any atom is -0.380 e. The Kier molecular flexibility index (Phi) is 5.11. The Labute approximate surface area is 118 Å². The van der Waals surface area contributed by atoms with Crippen LogP contribution in [0, 0.1) is 0 Å². The van der Waals surface area contributed by atoms with Gasteiger partial charge < -0.3 is 15.0 Å². The highest BCUT2D eigenvalue weighted by atomic mass is 16.5. The Hall–Kier alpha value is -1.89. The van der Waals surface area contributed by atoms with Gasteiger partial charge in [0.15, 0.2) is 5.65 Å². The normalized spacial score (nSPS) is 10.9. The second-order valence-electron chi connectivity index (χ2n) is 4.31. The highest BCUT2D eigenvalue weighted by Gasteiger charge is 2.14. The van der Waals surface area contributed by atoms with Gasteiger partial charge in [0.05, 0.1) is 18.2 Å². The largest absolute Gasteiger partial charge is 0.380 e. The van der Waals surface area contributed by atoms with E-state index in [4.69, 9.17) is 4.74 Å². The van der Waals surface area contributed by atoms with Gasteiger partial charge in [-0.15, -0.1) is 0 Å². The van der Waals surface area contributed by atoms with Crippen molar-refractivity contribution in [2.45, 2.75) is 20.8 Å². The first-order valence-corrected chi connectivity index (χ1v) is 7.07. The number of nitrogens with zero attached hydrogens (tertiary/aromatic N) is 4. The Bertz CT molecular complexity index is 541. The van der Waals surface area contributed by atoms with Crippen molar-refractivity contribution in [1.82, 2.24) is 20.2 Å². The van der Waals surface area contributed by atoms with Gasteiger partial charge in [-0.2, -0.15) is 15.1 Å². The minimum atomic E-state index is 0.620. The molecule has 0 fully saturated rings. The van der Waals surface area contributed by atoms with Gasteiger partial charge in [0.1, 0.15) is 5.82 Å². The third-order valence-corrected chi connectivity index (χ3v) is 3.02. The number of fused-ring (bicyclic) bond motifs is 1. The van der Waals surface area contributed by atoms with E-state index in [1.165, 1.54) is 0 Å². The van der Waals surface area contributed by atoms with Crippen molar-refractivity contribution in [1.29, 1.82) is 0 Å². The first kappa shape index (κ1) is 14.5. The van der Waals surface area contributed by atoms with Gasteiger partial charge >= 0.3 is 0 Å². The number of rotatable bonds is 8. The van der Waals surface area contributed by atoms with E-state index in [0.29, 0.717) is 12.6 Å². The lowest BCUT2D eigenvalue weighted by atomic mass is 10.3. The predicted molar refractivity (Wildman–Crippen MR) is 80.2 cm³/mol. The summed E-state index contributed by atoms with van der Waals surface area (Å²) in [5.41, 5.74) is 0.751. The van der Waals surface area contributed by atoms with E-state index in [2.05, 4.69) is 37.3 Å². The van der Waals surface area contributed by atoms with Gasteiger partial charge in [0.2, 0.25) is 5.95 Å². The molecule has 2 aromatic heterocycles. The third-order valence-electron chi connectivity index (χ3n) is 3.02. The molecule has 0 aliphatic carbocycles. The summed E-state index contributed by atoms with van der Waals surface area (Å²) >= 11 is 0.